The zero-order valence-corrected chi connectivity index (χ0v) is 24.3. The van der Waals surface area contributed by atoms with Crippen LogP contribution in [0.25, 0.3) is 0 Å². The lowest BCUT2D eigenvalue weighted by Crippen LogP contribution is -2.61. The summed E-state index contributed by atoms with van der Waals surface area (Å²) in [6, 6.07) is 5.99. The Balaban J connectivity index is 3.32. The van der Waals surface area contributed by atoms with Crippen molar-refractivity contribution in [3.8, 4) is 0 Å². The molecule has 35 heavy (non-hydrogen) atoms. The van der Waals surface area contributed by atoms with Gasteiger partial charge in [0.05, 0.1) is 12.1 Å². The number of carboxylic acid groups (broad SMARTS) is 1. The minimum atomic E-state index is -1.02. The highest BCUT2D eigenvalue weighted by Crippen LogP contribution is 2.30. The number of carbonyl (C=O) groups is 3. The summed E-state index contributed by atoms with van der Waals surface area (Å²) in [6.45, 7) is 15.1. The molecule has 0 aromatic heterocycles. The number of likely N-dealkylation sites (N-methyl/N-ethyl adjacent to an activating group) is 2. The second-order valence-electron chi connectivity index (χ2n) is 11.1. The Morgan fingerprint density at radius 2 is 1.66 bits per heavy atom. The van der Waals surface area contributed by atoms with Crippen LogP contribution in [-0.4, -0.2) is 60.0 Å². The van der Waals surface area contributed by atoms with Crippen LogP contribution in [0.15, 0.2) is 40.4 Å². The molecule has 0 saturated heterocycles. The highest BCUT2D eigenvalue weighted by atomic mass is 79.9. The maximum absolute atomic E-state index is 13.7. The zero-order chi connectivity index (χ0) is 27.3. The van der Waals surface area contributed by atoms with Gasteiger partial charge in [-0.1, -0.05) is 82.6 Å². The van der Waals surface area contributed by atoms with Gasteiger partial charge in [-0.05, 0) is 43.0 Å². The van der Waals surface area contributed by atoms with E-state index < -0.39 is 34.9 Å². The van der Waals surface area contributed by atoms with Gasteiger partial charge in [0.2, 0.25) is 11.8 Å². The van der Waals surface area contributed by atoms with Gasteiger partial charge in [-0.25, -0.2) is 4.79 Å². The molecule has 0 spiro atoms. The summed E-state index contributed by atoms with van der Waals surface area (Å²) in [5.74, 6) is -1.59. The first-order valence-corrected chi connectivity index (χ1v) is 12.7. The number of carboxylic acids is 1. The molecule has 0 fully saturated rings. The number of hydrogen-bond acceptors (Lipinski definition) is 4. The van der Waals surface area contributed by atoms with Crippen molar-refractivity contribution in [2.24, 2.45) is 11.3 Å². The number of rotatable bonds is 10. The van der Waals surface area contributed by atoms with Gasteiger partial charge in [0.1, 0.15) is 6.04 Å². The molecule has 8 heteroatoms. The Morgan fingerprint density at radius 1 is 1.09 bits per heavy atom. The maximum atomic E-state index is 13.7. The summed E-state index contributed by atoms with van der Waals surface area (Å²) >= 11 is 3.50. The van der Waals surface area contributed by atoms with Gasteiger partial charge < -0.3 is 20.6 Å². The highest BCUT2D eigenvalue weighted by Gasteiger charge is 2.41. The van der Waals surface area contributed by atoms with Crippen LogP contribution in [-0.2, 0) is 19.8 Å². The molecule has 1 unspecified atom stereocenters. The molecule has 3 atom stereocenters. The van der Waals surface area contributed by atoms with E-state index >= 15 is 0 Å². The average molecular weight is 553 g/mol. The lowest BCUT2D eigenvalue weighted by molar-refractivity contribution is -0.141. The fourth-order valence-corrected chi connectivity index (χ4v) is 4.58. The van der Waals surface area contributed by atoms with E-state index in [4.69, 9.17) is 0 Å². The van der Waals surface area contributed by atoms with E-state index in [2.05, 4.69) is 26.6 Å². The van der Waals surface area contributed by atoms with Crippen molar-refractivity contribution >= 4 is 33.7 Å². The Bertz CT molecular complexity index is 950. The van der Waals surface area contributed by atoms with Crippen LogP contribution < -0.4 is 10.6 Å². The standard InChI is InChI=1S/C27H42BrN3O4/c1-16(2)20(14-17(3)25(34)35)31(10)24(33)22(26(4,5)6)30-23(32)21(29-9)27(7,8)18-12-11-13-19(28)15-18/h11-16,20-22,29H,1-10H3,(H,30,32)(H,34,35)/b17-14+/t20-,21-,22?/m1/s1. The third-order valence-corrected chi connectivity index (χ3v) is 6.97. The SMILES string of the molecule is CN[C@H](C(=O)NC(C(=O)N(C)[C@H](/C=C(\C)C(=O)O)C(C)C)C(C)(C)C)C(C)(C)c1cccc(Br)c1. The number of nitrogens with one attached hydrogen (secondary N) is 2. The lowest BCUT2D eigenvalue weighted by Gasteiger charge is -2.40. The third kappa shape index (κ3) is 7.90. The zero-order valence-electron chi connectivity index (χ0n) is 22.7. The Hall–Kier alpha value is -2.19. The topological polar surface area (TPSA) is 98.7 Å². The summed E-state index contributed by atoms with van der Waals surface area (Å²) in [5, 5.41) is 15.5. The number of halogens is 1. The molecule has 0 aliphatic heterocycles. The average Bonchev–Trinajstić information content (AvgIpc) is 2.73. The number of amides is 2. The summed E-state index contributed by atoms with van der Waals surface area (Å²) < 4.78 is 0.923. The smallest absolute Gasteiger partial charge is 0.331 e. The minimum absolute atomic E-state index is 0.0184. The fraction of sp³-hybridized carbons (Fsp3) is 0.593. The molecule has 1 aromatic carbocycles. The van der Waals surface area contributed by atoms with Crippen LogP contribution >= 0.6 is 15.9 Å². The predicted octanol–water partition coefficient (Wildman–Crippen LogP) is 4.36. The van der Waals surface area contributed by atoms with Gasteiger partial charge >= 0.3 is 5.97 Å². The quantitative estimate of drug-likeness (QED) is 0.375. The molecule has 0 aliphatic carbocycles. The van der Waals surface area contributed by atoms with Crippen molar-refractivity contribution in [1.82, 2.24) is 15.5 Å². The van der Waals surface area contributed by atoms with Crippen LogP contribution in [0.5, 0.6) is 0 Å². The molecular weight excluding hydrogens is 510 g/mol. The lowest BCUT2D eigenvalue weighted by atomic mass is 9.76. The van der Waals surface area contributed by atoms with E-state index in [0.717, 1.165) is 10.0 Å². The minimum Gasteiger partial charge on any atom is -0.478 e. The van der Waals surface area contributed by atoms with Crippen molar-refractivity contribution in [2.75, 3.05) is 14.1 Å². The molecule has 196 valence electrons. The molecule has 7 nitrogen and oxygen atoms in total. The van der Waals surface area contributed by atoms with E-state index in [0.29, 0.717) is 0 Å². The van der Waals surface area contributed by atoms with Crippen molar-refractivity contribution < 1.29 is 19.5 Å². The molecular formula is C27H42BrN3O4. The van der Waals surface area contributed by atoms with Crippen LogP contribution in [0, 0.1) is 11.3 Å². The monoisotopic (exact) mass is 551 g/mol. The molecule has 0 aliphatic rings. The molecule has 0 heterocycles. The fourth-order valence-electron chi connectivity index (χ4n) is 4.18. The van der Waals surface area contributed by atoms with E-state index in [-0.39, 0.29) is 23.3 Å². The Kier molecular flexibility index (Phi) is 10.7. The summed E-state index contributed by atoms with van der Waals surface area (Å²) in [5.41, 5.74) is 0.00526. The predicted molar refractivity (Wildman–Crippen MR) is 144 cm³/mol. The van der Waals surface area contributed by atoms with Crippen molar-refractivity contribution in [3.05, 3.63) is 46.0 Å². The number of benzene rings is 1. The molecule has 1 aromatic rings. The van der Waals surface area contributed by atoms with Crippen LogP contribution in [0.2, 0.25) is 0 Å². The van der Waals surface area contributed by atoms with Crippen molar-refractivity contribution in [1.29, 1.82) is 0 Å². The molecule has 1 rings (SSSR count). The van der Waals surface area contributed by atoms with E-state index in [9.17, 15) is 19.5 Å². The second kappa shape index (κ2) is 12.2. The van der Waals surface area contributed by atoms with E-state index in [1.165, 1.54) is 6.92 Å². The van der Waals surface area contributed by atoms with Gasteiger partial charge in [0.25, 0.3) is 0 Å². The molecule has 2 amide bonds. The van der Waals surface area contributed by atoms with Gasteiger partial charge in [-0.2, -0.15) is 0 Å². The molecule has 0 bridgehead atoms. The first kappa shape index (κ1) is 30.8. The number of aliphatic carboxylic acids is 1. The van der Waals surface area contributed by atoms with E-state index in [1.54, 1.807) is 25.1 Å². The Labute approximate surface area is 218 Å². The Morgan fingerprint density at radius 3 is 2.09 bits per heavy atom. The largest absolute Gasteiger partial charge is 0.478 e. The summed E-state index contributed by atoms with van der Waals surface area (Å²) in [6.07, 6.45) is 1.60. The van der Waals surface area contributed by atoms with Gasteiger partial charge in [0, 0.05) is 22.5 Å². The second-order valence-corrected chi connectivity index (χ2v) is 12.0. The molecule has 3 N–H and O–H groups in total. The first-order valence-electron chi connectivity index (χ1n) is 11.9. The summed E-state index contributed by atoms with van der Waals surface area (Å²) in [4.78, 5) is 40.2. The van der Waals surface area contributed by atoms with Gasteiger partial charge in [0.15, 0.2) is 0 Å². The highest BCUT2D eigenvalue weighted by molar-refractivity contribution is 9.10. The van der Waals surface area contributed by atoms with Crippen LogP contribution in [0.3, 0.4) is 0 Å². The van der Waals surface area contributed by atoms with Crippen molar-refractivity contribution in [3.63, 3.8) is 0 Å². The normalized spacial score (nSPS) is 15.4. The molecule has 0 saturated carbocycles. The van der Waals surface area contributed by atoms with Crippen LogP contribution in [0.1, 0.15) is 61.0 Å². The van der Waals surface area contributed by atoms with Crippen LogP contribution in [0.4, 0.5) is 0 Å². The van der Waals surface area contributed by atoms with Gasteiger partial charge in [-0.3, -0.25) is 9.59 Å². The van der Waals surface area contributed by atoms with Crippen molar-refractivity contribution in [2.45, 2.75) is 78.9 Å². The summed E-state index contributed by atoms with van der Waals surface area (Å²) in [7, 11) is 3.39. The first-order chi connectivity index (χ1) is 15.9. The van der Waals surface area contributed by atoms with E-state index in [1.807, 2.05) is 72.7 Å². The maximum Gasteiger partial charge on any atom is 0.331 e. The number of carbonyl (C=O) groups excluding carboxylic acids is 2. The number of hydrogen-bond donors (Lipinski definition) is 3. The third-order valence-electron chi connectivity index (χ3n) is 6.48. The van der Waals surface area contributed by atoms with Gasteiger partial charge in [-0.15, -0.1) is 0 Å². The molecule has 0 radical (unpaired) electrons. The number of nitrogens with zero attached hydrogens (tertiary/aromatic N) is 1.